The second-order valence-electron chi connectivity index (χ2n) is 2.36. The lowest BCUT2D eigenvalue weighted by atomic mass is 10.1. The second kappa shape index (κ2) is 3.29. The first-order valence-corrected chi connectivity index (χ1v) is 4.12. The van der Waals surface area contributed by atoms with Crippen LogP contribution in [0.25, 0.3) is 0 Å². The first kappa shape index (κ1) is 6.34. The van der Waals surface area contributed by atoms with Gasteiger partial charge in [-0.2, -0.15) is 0 Å². The molecule has 0 radical (unpaired) electrons. The molecule has 0 spiro atoms. The van der Waals surface area contributed by atoms with Crippen LogP contribution in [0.3, 0.4) is 0 Å². The van der Waals surface area contributed by atoms with Crippen molar-refractivity contribution in [2.24, 2.45) is 5.92 Å². The molecule has 0 aromatic carbocycles. The van der Waals surface area contributed by atoms with E-state index in [2.05, 4.69) is 22.0 Å². The van der Waals surface area contributed by atoms with Crippen molar-refractivity contribution < 1.29 is 0 Å². The minimum absolute atomic E-state index is 0.884. The van der Waals surface area contributed by atoms with Crippen molar-refractivity contribution in [3.8, 4) is 0 Å². The van der Waals surface area contributed by atoms with Gasteiger partial charge in [-0.05, 0) is 23.7 Å². The maximum Gasteiger partial charge on any atom is -0.0225 e. The Labute approximate surface area is 59.1 Å². The highest BCUT2D eigenvalue weighted by atomic mass is 79.9. The van der Waals surface area contributed by atoms with Crippen molar-refractivity contribution in [2.45, 2.75) is 25.7 Å². The van der Waals surface area contributed by atoms with Gasteiger partial charge in [0.15, 0.2) is 0 Å². The van der Waals surface area contributed by atoms with Gasteiger partial charge in [-0.3, -0.25) is 0 Å². The van der Waals surface area contributed by atoms with E-state index in [-0.39, 0.29) is 0 Å². The molecule has 0 aromatic heterocycles. The van der Waals surface area contributed by atoms with E-state index in [1.165, 1.54) is 25.7 Å². The standard InChI is InChI=1S/C7H11Br/c8-6-5-7-3-1-2-4-7/h5-7H,1-4H2. The van der Waals surface area contributed by atoms with Gasteiger partial charge in [-0.1, -0.05) is 34.8 Å². The SMILES string of the molecule is BrC=CC1CCCC1. The summed E-state index contributed by atoms with van der Waals surface area (Å²) in [6.07, 6.45) is 7.93. The molecule has 1 saturated carbocycles. The fourth-order valence-electron chi connectivity index (χ4n) is 1.25. The van der Waals surface area contributed by atoms with E-state index >= 15 is 0 Å². The van der Waals surface area contributed by atoms with Gasteiger partial charge in [0.1, 0.15) is 0 Å². The van der Waals surface area contributed by atoms with Gasteiger partial charge in [-0.15, -0.1) is 0 Å². The molecule has 1 heteroatoms. The topological polar surface area (TPSA) is 0 Å². The average Bonchev–Trinajstić information content (AvgIpc) is 2.19. The summed E-state index contributed by atoms with van der Waals surface area (Å²) in [7, 11) is 0. The monoisotopic (exact) mass is 174 g/mol. The van der Waals surface area contributed by atoms with Crippen molar-refractivity contribution in [1.29, 1.82) is 0 Å². The molecule has 46 valence electrons. The van der Waals surface area contributed by atoms with Gasteiger partial charge in [0.25, 0.3) is 0 Å². The molecule has 0 nitrogen and oxygen atoms in total. The molecule has 0 atom stereocenters. The Morgan fingerprint density at radius 3 is 2.38 bits per heavy atom. The van der Waals surface area contributed by atoms with E-state index in [4.69, 9.17) is 0 Å². The molecule has 0 aromatic rings. The minimum Gasteiger partial charge on any atom is -0.0745 e. The van der Waals surface area contributed by atoms with Crippen LogP contribution in [0.2, 0.25) is 0 Å². The van der Waals surface area contributed by atoms with Crippen molar-refractivity contribution >= 4 is 15.9 Å². The minimum atomic E-state index is 0.884. The van der Waals surface area contributed by atoms with Gasteiger partial charge in [0.2, 0.25) is 0 Å². The average molecular weight is 175 g/mol. The van der Waals surface area contributed by atoms with Crippen molar-refractivity contribution in [3.05, 3.63) is 11.1 Å². The summed E-state index contributed by atoms with van der Waals surface area (Å²) < 4.78 is 0. The van der Waals surface area contributed by atoms with Crippen molar-refractivity contribution in [3.63, 3.8) is 0 Å². The fraction of sp³-hybridized carbons (Fsp3) is 0.714. The quantitative estimate of drug-likeness (QED) is 0.574. The van der Waals surface area contributed by atoms with E-state index in [0.717, 1.165) is 5.92 Å². The molecule has 0 heterocycles. The normalized spacial score (nSPS) is 23.1. The molecular formula is C7H11Br. The molecule has 0 amide bonds. The predicted octanol–water partition coefficient (Wildman–Crippen LogP) is 3.09. The van der Waals surface area contributed by atoms with Crippen LogP contribution in [-0.4, -0.2) is 0 Å². The molecule has 0 N–H and O–H groups in total. The predicted molar refractivity (Wildman–Crippen MR) is 40.0 cm³/mol. The van der Waals surface area contributed by atoms with E-state index in [1.807, 2.05) is 4.99 Å². The lowest BCUT2D eigenvalue weighted by molar-refractivity contribution is 0.687. The molecule has 8 heavy (non-hydrogen) atoms. The maximum absolute atomic E-state index is 3.28. The first-order valence-electron chi connectivity index (χ1n) is 3.20. The third kappa shape index (κ3) is 1.62. The van der Waals surface area contributed by atoms with E-state index in [9.17, 15) is 0 Å². The third-order valence-electron chi connectivity index (χ3n) is 1.74. The first-order chi connectivity index (χ1) is 3.93. The summed E-state index contributed by atoms with van der Waals surface area (Å²) in [6.45, 7) is 0. The highest BCUT2D eigenvalue weighted by Crippen LogP contribution is 2.25. The molecule has 0 aliphatic heterocycles. The molecule has 1 aliphatic rings. The molecule has 1 rings (SSSR count). The van der Waals surface area contributed by atoms with Crippen LogP contribution in [0.1, 0.15) is 25.7 Å². The second-order valence-corrected chi connectivity index (χ2v) is 2.89. The molecule has 0 bridgehead atoms. The molecule has 1 aliphatic carbocycles. The molecule has 0 saturated heterocycles. The molecule has 1 fully saturated rings. The van der Waals surface area contributed by atoms with Crippen LogP contribution in [0.15, 0.2) is 11.1 Å². The van der Waals surface area contributed by atoms with Crippen LogP contribution in [0.4, 0.5) is 0 Å². The molecule has 0 unspecified atom stereocenters. The number of hydrogen-bond donors (Lipinski definition) is 0. The highest BCUT2D eigenvalue weighted by Gasteiger charge is 2.10. The van der Waals surface area contributed by atoms with Crippen LogP contribution in [0, 0.1) is 5.92 Å². The number of rotatable bonds is 1. The van der Waals surface area contributed by atoms with E-state index < -0.39 is 0 Å². The van der Waals surface area contributed by atoms with Crippen LogP contribution < -0.4 is 0 Å². The Bertz CT molecular complexity index is 80.4. The zero-order valence-corrected chi connectivity index (χ0v) is 6.52. The maximum atomic E-state index is 3.28. The molecular weight excluding hydrogens is 164 g/mol. The van der Waals surface area contributed by atoms with Gasteiger partial charge in [0.05, 0.1) is 0 Å². The zero-order chi connectivity index (χ0) is 5.82. The lowest BCUT2D eigenvalue weighted by Crippen LogP contribution is -1.82. The van der Waals surface area contributed by atoms with Crippen LogP contribution >= 0.6 is 15.9 Å². The van der Waals surface area contributed by atoms with Crippen LogP contribution in [-0.2, 0) is 0 Å². The van der Waals surface area contributed by atoms with Crippen molar-refractivity contribution in [1.82, 2.24) is 0 Å². The number of allylic oxidation sites excluding steroid dienone is 1. The lowest BCUT2D eigenvalue weighted by Gasteiger charge is -1.96. The Balaban J connectivity index is 2.24. The zero-order valence-electron chi connectivity index (χ0n) is 4.94. The largest absolute Gasteiger partial charge is 0.0745 e. The Kier molecular flexibility index (Phi) is 2.60. The van der Waals surface area contributed by atoms with Gasteiger partial charge >= 0.3 is 0 Å². The Morgan fingerprint density at radius 2 is 1.88 bits per heavy atom. The smallest absolute Gasteiger partial charge is 0.0225 e. The summed E-state index contributed by atoms with van der Waals surface area (Å²) in [5, 5.41) is 0. The summed E-state index contributed by atoms with van der Waals surface area (Å²) >= 11 is 3.28. The highest BCUT2D eigenvalue weighted by molar-refractivity contribution is 9.11. The van der Waals surface area contributed by atoms with E-state index in [0.29, 0.717) is 0 Å². The van der Waals surface area contributed by atoms with Gasteiger partial charge in [-0.25, -0.2) is 0 Å². The van der Waals surface area contributed by atoms with Crippen molar-refractivity contribution in [2.75, 3.05) is 0 Å². The van der Waals surface area contributed by atoms with Gasteiger partial charge in [0, 0.05) is 0 Å². The van der Waals surface area contributed by atoms with Crippen LogP contribution in [0.5, 0.6) is 0 Å². The Morgan fingerprint density at radius 1 is 1.25 bits per heavy atom. The van der Waals surface area contributed by atoms with Gasteiger partial charge < -0.3 is 0 Å². The summed E-state index contributed by atoms with van der Waals surface area (Å²) in [6, 6.07) is 0. The Hall–Kier alpha value is 0.220. The fourth-order valence-corrected chi connectivity index (χ4v) is 1.68. The third-order valence-corrected chi connectivity index (χ3v) is 2.05. The summed E-state index contributed by atoms with van der Waals surface area (Å²) in [5.41, 5.74) is 0. The number of hydrogen-bond acceptors (Lipinski definition) is 0. The summed E-state index contributed by atoms with van der Waals surface area (Å²) in [5.74, 6) is 0.884. The summed E-state index contributed by atoms with van der Waals surface area (Å²) in [4.78, 5) is 1.99. The van der Waals surface area contributed by atoms with E-state index in [1.54, 1.807) is 0 Å². The number of halogens is 1.